The number of fused-ring (bicyclic) bond motifs is 8. The Balaban J connectivity index is 1.18. The largest absolute Gasteiger partial charge is 0.209 e. The molecule has 3 nitrogen and oxygen atoms in total. The van der Waals surface area contributed by atoms with E-state index in [9.17, 15) is 0 Å². The summed E-state index contributed by atoms with van der Waals surface area (Å²) in [4.78, 5) is 15.5. The maximum Gasteiger partial charge on any atom is 0.164 e. The first-order valence-electron chi connectivity index (χ1n) is 19.0. The standard InChI is InChI=1S/C52H39N3/c1-5-16-33(2)48-53-49(35-26-29-42-45(31-35)51(3,4)44-30-27-34-17-12-13-22-39(34)47(42)44)55-50(54-48)36-25-28-41-40-23-14-15-24-43(40)52(46(41)32-36,37-18-8-6-9-19-37)38-20-10-7-11-21-38/h5-32H,1H2,2-4H3. The van der Waals surface area contributed by atoms with Gasteiger partial charge in [-0.2, -0.15) is 0 Å². The lowest BCUT2D eigenvalue weighted by molar-refractivity contribution is 0.661. The maximum absolute atomic E-state index is 5.28. The van der Waals surface area contributed by atoms with Crippen LogP contribution in [0.25, 0.3) is 61.4 Å². The molecule has 0 aliphatic heterocycles. The van der Waals surface area contributed by atoms with E-state index >= 15 is 0 Å². The van der Waals surface area contributed by atoms with Crippen molar-refractivity contribution in [2.24, 2.45) is 0 Å². The molecule has 2 aliphatic carbocycles. The highest BCUT2D eigenvalue weighted by atomic mass is 15.0. The predicted octanol–water partition coefficient (Wildman–Crippen LogP) is 12.6. The molecule has 0 N–H and O–H groups in total. The summed E-state index contributed by atoms with van der Waals surface area (Å²) in [6, 6.07) is 57.3. The van der Waals surface area contributed by atoms with Crippen LogP contribution >= 0.6 is 0 Å². The van der Waals surface area contributed by atoms with Crippen molar-refractivity contribution < 1.29 is 0 Å². The number of benzene rings is 7. The van der Waals surface area contributed by atoms with E-state index < -0.39 is 5.41 Å². The highest BCUT2D eigenvalue weighted by molar-refractivity contribution is 6.02. The molecule has 0 radical (unpaired) electrons. The minimum absolute atomic E-state index is 0.185. The quantitative estimate of drug-likeness (QED) is 0.162. The van der Waals surface area contributed by atoms with Crippen LogP contribution in [-0.4, -0.2) is 15.0 Å². The predicted molar refractivity (Wildman–Crippen MR) is 227 cm³/mol. The van der Waals surface area contributed by atoms with Gasteiger partial charge in [-0.05, 0) is 91.0 Å². The average Bonchev–Trinajstić information content (AvgIpc) is 3.66. The van der Waals surface area contributed by atoms with Gasteiger partial charge in [0.2, 0.25) is 0 Å². The Hall–Kier alpha value is -6.71. The van der Waals surface area contributed by atoms with Crippen LogP contribution < -0.4 is 0 Å². The van der Waals surface area contributed by atoms with Crippen LogP contribution in [0.15, 0.2) is 176 Å². The molecule has 7 aromatic carbocycles. The van der Waals surface area contributed by atoms with E-state index in [1.54, 1.807) is 6.08 Å². The third-order valence-corrected chi connectivity index (χ3v) is 11.9. The molecule has 1 aromatic heterocycles. The molecular formula is C52H39N3. The Morgan fingerprint density at radius 1 is 0.527 bits per heavy atom. The minimum atomic E-state index is -0.521. The Morgan fingerprint density at radius 3 is 1.80 bits per heavy atom. The van der Waals surface area contributed by atoms with Crippen molar-refractivity contribution in [3.63, 3.8) is 0 Å². The first kappa shape index (κ1) is 32.9. The Morgan fingerprint density at radius 2 is 1.11 bits per heavy atom. The van der Waals surface area contributed by atoms with Crippen LogP contribution in [-0.2, 0) is 10.8 Å². The summed E-state index contributed by atoms with van der Waals surface area (Å²) in [5.41, 5.74) is 14.8. The zero-order valence-electron chi connectivity index (χ0n) is 31.2. The molecule has 0 saturated carbocycles. The highest BCUT2D eigenvalue weighted by Crippen LogP contribution is 2.57. The second kappa shape index (κ2) is 12.4. The van der Waals surface area contributed by atoms with E-state index in [4.69, 9.17) is 15.0 Å². The monoisotopic (exact) mass is 705 g/mol. The minimum Gasteiger partial charge on any atom is -0.209 e. The lowest BCUT2D eigenvalue weighted by atomic mass is 9.67. The molecule has 262 valence electrons. The van der Waals surface area contributed by atoms with Gasteiger partial charge in [0.15, 0.2) is 17.5 Å². The molecule has 8 aromatic rings. The molecule has 10 rings (SSSR count). The summed E-state index contributed by atoms with van der Waals surface area (Å²) in [5.74, 6) is 1.92. The molecule has 0 unspecified atom stereocenters. The van der Waals surface area contributed by atoms with Crippen LogP contribution in [0.1, 0.15) is 60.0 Å². The summed E-state index contributed by atoms with van der Waals surface area (Å²) in [7, 11) is 0. The van der Waals surface area contributed by atoms with Crippen LogP contribution in [0.5, 0.6) is 0 Å². The van der Waals surface area contributed by atoms with Crippen molar-refractivity contribution in [1.29, 1.82) is 0 Å². The van der Waals surface area contributed by atoms with Gasteiger partial charge in [-0.15, -0.1) is 0 Å². The number of hydrogen-bond acceptors (Lipinski definition) is 3. The molecule has 3 heteroatoms. The van der Waals surface area contributed by atoms with Crippen molar-refractivity contribution in [3.8, 4) is 45.0 Å². The third-order valence-electron chi connectivity index (χ3n) is 11.9. The number of aromatic nitrogens is 3. The molecular weight excluding hydrogens is 667 g/mol. The smallest absolute Gasteiger partial charge is 0.164 e. The average molecular weight is 706 g/mol. The van der Waals surface area contributed by atoms with Crippen molar-refractivity contribution in [2.45, 2.75) is 31.6 Å². The lowest BCUT2D eigenvalue weighted by Crippen LogP contribution is -2.28. The van der Waals surface area contributed by atoms with Crippen LogP contribution in [0, 0.1) is 0 Å². The van der Waals surface area contributed by atoms with Gasteiger partial charge < -0.3 is 0 Å². The number of allylic oxidation sites excluding steroid dienone is 3. The van der Waals surface area contributed by atoms with Gasteiger partial charge in [0.05, 0.1) is 5.41 Å². The summed E-state index contributed by atoms with van der Waals surface area (Å²) >= 11 is 0. The highest BCUT2D eigenvalue weighted by Gasteiger charge is 2.46. The molecule has 0 atom stereocenters. The van der Waals surface area contributed by atoms with Gasteiger partial charge in [-0.25, -0.2) is 15.0 Å². The van der Waals surface area contributed by atoms with Gasteiger partial charge in [0.25, 0.3) is 0 Å². The van der Waals surface area contributed by atoms with E-state index in [-0.39, 0.29) is 5.41 Å². The molecule has 0 spiro atoms. The lowest BCUT2D eigenvalue weighted by Gasteiger charge is -2.34. The zero-order chi connectivity index (χ0) is 37.3. The normalized spacial score (nSPS) is 14.6. The summed E-state index contributed by atoms with van der Waals surface area (Å²) in [6.45, 7) is 10.7. The summed E-state index contributed by atoms with van der Waals surface area (Å²) in [6.07, 6.45) is 3.75. The molecule has 55 heavy (non-hydrogen) atoms. The van der Waals surface area contributed by atoms with Crippen molar-refractivity contribution in [2.75, 3.05) is 0 Å². The number of rotatable bonds is 6. The van der Waals surface area contributed by atoms with Gasteiger partial charge in [0, 0.05) is 16.5 Å². The SMILES string of the molecule is C=CC=C(C)c1nc(-c2ccc3c(c2)C(C)(C)c2ccc4ccccc4c2-3)nc(-c2ccc3c(c2)C(c2ccccc2)(c2ccccc2)c2ccccc2-3)n1. The summed E-state index contributed by atoms with van der Waals surface area (Å²) < 4.78 is 0. The fourth-order valence-electron chi connectivity index (χ4n) is 9.29. The Bertz CT molecular complexity index is 2830. The van der Waals surface area contributed by atoms with E-state index in [1.165, 1.54) is 66.4 Å². The Labute approximate surface area is 322 Å². The molecule has 1 heterocycles. The fraction of sp³-hybridized carbons (Fsp3) is 0.0962. The van der Waals surface area contributed by atoms with E-state index in [2.05, 4.69) is 178 Å². The second-order valence-corrected chi connectivity index (χ2v) is 15.3. The van der Waals surface area contributed by atoms with Gasteiger partial charge >= 0.3 is 0 Å². The van der Waals surface area contributed by atoms with Gasteiger partial charge in [-0.1, -0.05) is 178 Å². The van der Waals surface area contributed by atoms with E-state index in [1.807, 2.05) is 13.0 Å². The van der Waals surface area contributed by atoms with Crippen molar-refractivity contribution >= 4 is 16.3 Å². The third kappa shape index (κ3) is 4.86. The van der Waals surface area contributed by atoms with Crippen LogP contribution in [0.2, 0.25) is 0 Å². The van der Waals surface area contributed by atoms with Gasteiger partial charge in [-0.3, -0.25) is 0 Å². The van der Waals surface area contributed by atoms with Crippen molar-refractivity contribution in [3.05, 3.63) is 216 Å². The molecule has 2 aliphatic rings. The molecule has 0 amide bonds. The van der Waals surface area contributed by atoms with Crippen LogP contribution in [0.4, 0.5) is 0 Å². The second-order valence-electron chi connectivity index (χ2n) is 15.3. The van der Waals surface area contributed by atoms with E-state index in [0.29, 0.717) is 17.5 Å². The van der Waals surface area contributed by atoms with Crippen molar-refractivity contribution in [1.82, 2.24) is 15.0 Å². The Kier molecular flexibility index (Phi) is 7.44. The molecule has 0 saturated heterocycles. The first-order chi connectivity index (χ1) is 26.9. The number of hydrogen-bond donors (Lipinski definition) is 0. The fourth-order valence-corrected chi connectivity index (χ4v) is 9.29. The zero-order valence-corrected chi connectivity index (χ0v) is 31.2. The molecule has 0 fully saturated rings. The summed E-state index contributed by atoms with van der Waals surface area (Å²) in [5, 5.41) is 2.54. The van der Waals surface area contributed by atoms with Gasteiger partial charge in [0.1, 0.15) is 0 Å². The van der Waals surface area contributed by atoms with E-state index in [0.717, 1.165) is 16.7 Å². The van der Waals surface area contributed by atoms with Crippen LogP contribution in [0.3, 0.4) is 0 Å². The number of nitrogens with zero attached hydrogens (tertiary/aromatic N) is 3. The molecule has 0 bridgehead atoms. The maximum atomic E-state index is 5.28. The first-order valence-corrected chi connectivity index (χ1v) is 19.0. The topological polar surface area (TPSA) is 38.7 Å².